The van der Waals surface area contributed by atoms with E-state index < -0.39 is 5.97 Å². The molecular weight excluding hydrogens is 522 g/mol. The Morgan fingerprint density at radius 3 is 2.54 bits per heavy atom. The number of benzene rings is 4. The summed E-state index contributed by atoms with van der Waals surface area (Å²) in [5, 5.41) is 14.9. The van der Waals surface area contributed by atoms with E-state index in [9.17, 15) is 9.59 Å². The number of aromatic nitrogens is 2. The van der Waals surface area contributed by atoms with Crippen molar-refractivity contribution in [2.24, 2.45) is 5.10 Å². The molecule has 0 aliphatic rings. The van der Waals surface area contributed by atoms with Gasteiger partial charge in [0, 0.05) is 5.39 Å². The van der Waals surface area contributed by atoms with Crippen molar-refractivity contribution in [3.05, 3.63) is 124 Å². The van der Waals surface area contributed by atoms with Crippen LogP contribution < -0.4 is 15.0 Å². The summed E-state index contributed by atoms with van der Waals surface area (Å²) in [6, 6.07) is 28.2. The quantitative estimate of drug-likeness (QED) is 0.234. The number of fused-ring (bicyclic) bond motifs is 2. The fourth-order valence-electron chi connectivity index (χ4n) is 4.40. The van der Waals surface area contributed by atoms with Crippen LogP contribution in [0.1, 0.15) is 21.5 Å². The number of methoxy groups -OCH3 is 1. The highest BCUT2D eigenvalue weighted by Gasteiger charge is 2.16. The van der Waals surface area contributed by atoms with Gasteiger partial charge in [-0.2, -0.15) is 9.78 Å². The summed E-state index contributed by atoms with van der Waals surface area (Å²) in [5.41, 5.74) is 2.57. The van der Waals surface area contributed by atoms with Crippen molar-refractivity contribution in [3.8, 4) is 23.1 Å². The molecule has 0 atom stereocenters. The van der Waals surface area contributed by atoms with Crippen molar-refractivity contribution >= 4 is 34.1 Å². The number of aromatic carboxylic acids is 1. The Kier molecular flexibility index (Phi) is 6.75. The minimum Gasteiger partial charge on any atom is -0.493 e. The number of carboxylic acids is 1. The molecule has 0 aliphatic heterocycles. The van der Waals surface area contributed by atoms with Crippen LogP contribution in [-0.4, -0.2) is 34.1 Å². The third kappa shape index (κ3) is 5.16. The maximum atomic E-state index is 13.5. The van der Waals surface area contributed by atoms with Gasteiger partial charge in [0.1, 0.15) is 12.2 Å². The minimum absolute atomic E-state index is 0.208. The van der Waals surface area contributed by atoms with Crippen LogP contribution in [0.5, 0.6) is 11.5 Å². The number of hydrogen-bond donors (Lipinski definition) is 1. The van der Waals surface area contributed by atoms with E-state index in [1.165, 1.54) is 23.9 Å². The Balaban J connectivity index is 1.32. The van der Waals surface area contributed by atoms with Crippen molar-refractivity contribution in [1.29, 1.82) is 0 Å². The molecule has 0 fully saturated rings. The summed E-state index contributed by atoms with van der Waals surface area (Å²) < 4.78 is 18.7. The van der Waals surface area contributed by atoms with Gasteiger partial charge in [-0.25, -0.2) is 9.78 Å². The number of carbonyl (C=O) groups is 1. The molecule has 6 aromatic rings. The third-order valence-corrected chi connectivity index (χ3v) is 6.50. The second-order valence-electron chi connectivity index (χ2n) is 9.16. The molecule has 0 unspecified atom stereocenters. The molecule has 9 heteroatoms. The van der Waals surface area contributed by atoms with E-state index in [4.69, 9.17) is 24.0 Å². The zero-order valence-electron chi connectivity index (χ0n) is 21.9. The smallest absolute Gasteiger partial charge is 0.335 e. The first kappa shape index (κ1) is 25.6. The van der Waals surface area contributed by atoms with Crippen LogP contribution in [-0.2, 0) is 6.61 Å². The average Bonchev–Trinajstić information content (AvgIpc) is 3.44. The van der Waals surface area contributed by atoms with E-state index in [2.05, 4.69) is 5.10 Å². The number of furan rings is 1. The zero-order valence-corrected chi connectivity index (χ0v) is 21.9. The molecule has 0 saturated heterocycles. The van der Waals surface area contributed by atoms with Gasteiger partial charge < -0.3 is 19.0 Å². The molecule has 4 aromatic carbocycles. The van der Waals surface area contributed by atoms with Gasteiger partial charge in [-0.3, -0.25) is 4.79 Å². The number of carboxylic acid groups (broad SMARTS) is 1. The molecule has 6 rings (SSSR count). The predicted octanol–water partition coefficient (Wildman–Crippen LogP) is 5.98. The van der Waals surface area contributed by atoms with Crippen molar-refractivity contribution in [2.75, 3.05) is 7.11 Å². The molecule has 0 radical (unpaired) electrons. The number of para-hydroxylation sites is 2. The van der Waals surface area contributed by atoms with E-state index in [1.54, 1.807) is 54.7 Å². The standard InChI is InChI=1S/C32H23N3O6/c1-39-28-16-21(12-15-27(28)40-19-20-10-13-22(14-11-20)32(37)38)18-33-35-30(29-17-23-6-2-5-9-26(23)41-29)34-25-8-4-3-7-24(25)31(35)36/h2-18H,19H2,1H3,(H,37,38). The molecular formula is C32H23N3O6. The molecule has 1 N–H and O–H groups in total. The zero-order chi connectivity index (χ0) is 28.3. The van der Waals surface area contributed by atoms with E-state index >= 15 is 0 Å². The molecule has 2 heterocycles. The fraction of sp³-hybridized carbons (Fsp3) is 0.0625. The van der Waals surface area contributed by atoms with Gasteiger partial charge in [0.2, 0.25) is 5.82 Å². The molecule has 9 nitrogen and oxygen atoms in total. The largest absolute Gasteiger partial charge is 0.493 e. The highest BCUT2D eigenvalue weighted by molar-refractivity contribution is 5.87. The van der Waals surface area contributed by atoms with Crippen LogP contribution in [0.2, 0.25) is 0 Å². The summed E-state index contributed by atoms with van der Waals surface area (Å²) in [6.07, 6.45) is 1.54. The van der Waals surface area contributed by atoms with Crippen LogP contribution in [0.4, 0.5) is 0 Å². The van der Waals surface area contributed by atoms with E-state index in [0.717, 1.165) is 10.9 Å². The average molecular weight is 546 g/mol. The molecule has 0 amide bonds. The van der Waals surface area contributed by atoms with Crippen LogP contribution >= 0.6 is 0 Å². The van der Waals surface area contributed by atoms with E-state index in [0.29, 0.717) is 39.3 Å². The van der Waals surface area contributed by atoms with Gasteiger partial charge in [0.05, 0.1) is 29.8 Å². The van der Waals surface area contributed by atoms with Crippen LogP contribution in [0.3, 0.4) is 0 Å². The molecule has 41 heavy (non-hydrogen) atoms. The lowest BCUT2D eigenvalue weighted by atomic mass is 10.1. The predicted molar refractivity (Wildman–Crippen MR) is 155 cm³/mol. The van der Waals surface area contributed by atoms with E-state index in [1.807, 2.05) is 36.4 Å². The summed E-state index contributed by atoms with van der Waals surface area (Å²) in [5.74, 6) is 0.686. The van der Waals surface area contributed by atoms with Gasteiger partial charge >= 0.3 is 5.97 Å². The summed E-state index contributed by atoms with van der Waals surface area (Å²) in [7, 11) is 1.53. The van der Waals surface area contributed by atoms with E-state index in [-0.39, 0.29) is 23.6 Å². The Hall–Kier alpha value is -5.70. The highest BCUT2D eigenvalue weighted by Crippen LogP contribution is 2.29. The highest BCUT2D eigenvalue weighted by atomic mass is 16.5. The molecule has 0 saturated carbocycles. The summed E-state index contributed by atoms with van der Waals surface area (Å²) in [6.45, 7) is 0.225. The Labute approximate surface area is 233 Å². The van der Waals surface area contributed by atoms with Gasteiger partial charge in [-0.15, -0.1) is 0 Å². The lowest BCUT2D eigenvalue weighted by Crippen LogP contribution is -2.20. The summed E-state index contributed by atoms with van der Waals surface area (Å²) >= 11 is 0. The molecule has 2 aromatic heterocycles. The Morgan fingerprint density at radius 1 is 0.976 bits per heavy atom. The Bertz CT molecular complexity index is 1960. The summed E-state index contributed by atoms with van der Waals surface area (Å²) in [4.78, 5) is 29.3. The van der Waals surface area contributed by atoms with Crippen LogP contribution in [0.15, 0.2) is 111 Å². The molecule has 202 valence electrons. The molecule has 0 spiro atoms. The third-order valence-electron chi connectivity index (χ3n) is 6.50. The van der Waals surface area contributed by atoms with Crippen LogP contribution in [0, 0.1) is 0 Å². The second-order valence-corrected chi connectivity index (χ2v) is 9.16. The van der Waals surface area contributed by atoms with Crippen LogP contribution in [0.25, 0.3) is 33.5 Å². The lowest BCUT2D eigenvalue weighted by molar-refractivity contribution is 0.0697. The maximum absolute atomic E-state index is 13.5. The van der Waals surface area contributed by atoms with Gasteiger partial charge in [-0.1, -0.05) is 42.5 Å². The SMILES string of the molecule is COc1cc(C=Nn2c(-c3cc4ccccc4o3)nc3ccccc3c2=O)ccc1OCc1ccc(C(=O)O)cc1. The van der Waals surface area contributed by atoms with Crippen molar-refractivity contribution in [1.82, 2.24) is 9.66 Å². The normalized spacial score (nSPS) is 11.3. The lowest BCUT2D eigenvalue weighted by Gasteiger charge is -2.12. The minimum atomic E-state index is -0.983. The molecule has 0 aliphatic carbocycles. The fourth-order valence-corrected chi connectivity index (χ4v) is 4.40. The van der Waals surface area contributed by atoms with Gasteiger partial charge in [-0.05, 0) is 65.7 Å². The first-order valence-corrected chi connectivity index (χ1v) is 12.7. The first-order valence-electron chi connectivity index (χ1n) is 12.7. The monoisotopic (exact) mass is 545 g/mol. The number of nitrogens with zero attached hydrogens (tertiary/aromatic N) is 3. The topological polar surface area (TPSA) is 116 Å². The number of ether oxygens (including phenoxy) is 2. The van der Waals surface area contributed by atoms with Crippen molar-refractivity contribution < 1.29 is 23.8 Å². The van der Waals surface area contributed by atoms with Gasteiger partial charge in [0.15, 0.2) is 17.3 Å². The second kappa shape index (κ2) is 10.8. The maximum Gasteiger partial charge on any atom is 0.335 e. The Morgan fingerprint density at radius 2 is 1.76 bits per heavy atom. The van der Waals surface area contributed by atoms with Gasteiger partial charge in [0.25, 0.3) is 5.56 Å². The van der Waals surface area contributed by atoms with Crippen molar-refractivity contribution in [3.63, 3.8) is 0 Å². The molecule has 0 bridgehead atoms. The first-order chi connectivity index (χ1) is 20.0. The number of hydrogen-bond acceptors (Lipinski definition) is 7. The number of rotatable bonds is 8. The van der Waals surface area contributed by atoms with Crippen molar-refractivity contribution in [2.45, 2.75) is 6.61 Å².